The lowest BCUT2D eigenvalue weighted by atomic mass is 9.75. The third-order valence-corrected chi connectivity index (χ3v) is 8.02. The van der Waals surface area contributed by atoms with Crippen molar-refractivity contribution in [3.8, 4) is 5.75 Å². The Morgan fingerprint density at radius 3 is 2.56 bits per heavy atom. The van der Waals surface area contributed by atoms with Gasteiger partial charge in [-0.15, -0.1) is 0 Å². The summed E-state index contributed by atoms with van der Waals surface area (Å²) in [5.41, 5.74) is 0.865. The van der Waals surface area contributed by atoms with Crippen molar-refractivity contribution in [3.63, 3.8) is 0 Å². The molecule has 8 nitrogen and oxygen atoms in total. The van der Waals surface area contributed by atoms with Crippen LogP contribution in [0.15, 0.2) is 24.3 Å². The number of hydrogen-bond donors (Lipinski definition) is 3. The zero-order valence-corrected chi connectivity index (χ0v) is 21.1. The number of carboxylic acid groups (broad SMARTS) is 1. The van der Waals surface area contributed by atoms with Gasteiger partial charge in [-0.1, -0.05) is 63.1 Å². The lowest BCUT2D eigenvalue weighted by molar-refractivity contribution is -0.139. The first-order valence-corrected chi connectivity index (χ1v) is 13.6. The van der Waals surface area contributed by atoms with Crippen molar-refractivity contribution in [2.45, 2.75) is 82.8 Å². The molecule has 1 saturated carbocycles. The highest BCUT2D eigenvalue weighted by atomic mass is 16.5. The molecule has 2 saturated heterocycles. The summed E-state index contributed by atoms with van der Waals surface area (Å²) in [5.74, 6) is -0.336. The Bertz CT molecular complexity index is 900. The van der Waals surface area contributed by atoms with E-state index in [1.165, 1.54) is 38.5 Å². The van der Waals surface area contributed by atoms with Gasteiger partial charge < -0.3 is 25.2 Å². The smallest absolute Gasteiger partial charge is 0.341 e. The van der Waals surface area contributed by atoms with Crippen LogP contribution < -0.4 is 15.4 Å². The number of ether oxygens (including phenoxy) is 2. The highest BCUT2D eigenvalue weighted by Crippen LogP contribution is 2.45. The molecule has 4 atom stereocenters. The molecule has 1 aliphatic carbocycles. The number of amides is 2. The minimum atomic E-state index is -1.03. The molecule has 8 heteroatoms. The van der Waals surface area contributed by atoms with Crippen LogP contribution in [0.1, 0.15) is 69.8 Å². The molecule has 0 spiro atoms. The van der Waals surface area contributed by atoms with Gasteiger partial charge in [0.05, 0.1) is 24.7 Å². The molecular weight excluding hydrogens is 460 g/mol. The summed E-state index contributed by atoms with van der Waals surface area (Å²) in [7, 11) is 0. The Morgan fingerprint density at radius 2 is 1.75 bits per heavy atom. The number of aliphatic carboxylic acids is 1. The van der Waals surface area contributed by atoms with E-state index in [-0.39, 0.29) is 42.4 Å². The maximum absolute atomic E-state index is 13.1. The van der Waals surface area contributed by atoms with Crippen LogP contribution in [0.5, 0.6) is 5.75 Å². The van der Waals surface area contributed by atoms with E-state index >= 15 is 0 Å². The maximum atomic E-state index is 13.1. The minimum absolute atomic E-state index is 0.0173. The largest absolute Gasteiger partial charge is 0.482 e. The predicted molar refractivity (Wildman–Crippen MR) is 135 cm³/mol. The molecule has 2 amide bonds. The summed E-state index contributed by atoms with van der Waals surface area (Å²) in [6.07, 6.45) is 12.3. The summed E-state index contributed by atoms with van der Waals surface area (Å²) >= 11 is 0. The Labute approximate surface area is 213 Å². The van der Waals surface area contributed by atoms with E-state index in [2.05, 4.69) is 10.6 Å². The zero-order chi connectivity index (χ0) is 25.3. The first kappa shape index (κ1) is 26.5. The van der Waals surface area contributed by atoms with Gasteiger partial charge in [-0.2, -0.15) is 0 Å². The van der Waals surface area contributed by atoms with E-state index in [1.54, 1.807) is 12.1 Å². The average Bonchev–Trinajstić information content (AvgIpc) is 3.49. The molecule has 1 aromatic carbocycles. The highest BCUT2D eigenvalue weighted by molar-refractivity contribution is 5.86. The lowest BCUT2D eigenvalue weighted by Crippen LogP contribution is -2.45. The molecule has 4 rings (SSSR count). The second kappa shape index (κ2) is 13.1. The normalized spacial score (nSPS) is 25.4. The van der Waals surface area contributed by atoms with Crippen LogP contribution >= 0.6 is 0 Å². The van der Waals surface area contributed by atoms with Crippen LogP contribution in [0.25, 0.3) is 0 Å². The van der Waals surface area contributed by atoms with Crippen LogP contribution in [0, 0.1) is 17.8 Å². The first-order valence-electron chi connectivity index (χ1n) is 13.6. The van der Waals surface area contributed by atoms with Crippen molar-refractivity contribution in [2.75, 3.05) is 19.7 Å². The molecule has 3 aliphatic rings. The molecule has 2 heterocycles. The van der Waals surface area contributed by atoms with Crippen LogP contribution in [0.2, 0.25) is 0 Å². The number of rotatable bonds is 13. The van der Waals surface area contributed by atoms with Gasteiger partial charge in [0.15, 0.2) is 6.61 Å². The van der Waals surface area contributed by atoms with Crippen LogP contribution in [0.3, 0.4) is 0 Å². The van der Waals surface area contributed by atoms with E-state index in [0.717, 1.165) is 37.2 Å². The van der Waals surface area contributed by atoms with Crippen molar-refractivity contribution in [1.29, 1.82) is 0 Å². The number of carbonyl (C=O) groups excluding carboxylic acids is 2. The van der Waals surface area contributed by atoms with Crippen molar-refractivity contribution in [3.05, 3.63) is 29.8 Å². The standard InChI is InChI=1S/C28H40N2O6/c31-25(29-15-7-6-10-19-8-2-1-3-9-19)17-30-28(34)27-21(23-13-14-24(27)36-23)16-20-11-4-5-12-22(20)35-18-26(32)33/h4-5,11-12,19,21,23-24,27H,1-3,6-10,13-18H2,(H,29,31)(H,30,34)(H,32,33). The predicted octanol–water partition coefficient (Wildman–Crippen LogP) is 3.47. The number of carbonyl (C=O) groups is 3. The molecule has 0 radical (unpaired) electrons. The van der Waals surface area contributed by atoms with Gasteiger partial charge >= 0.3 is 5.97 Å². The fourth-order valence-electron chi connectivity index (χ4n) is 6.21. The van der Waals surface area contributed by atoms with Gasteiger partial charge in [-0.25, -0.2) is 4.79 Å². The van der Waals surface area contributed by atoms with Crippen molar-refractivity contribution < 1.29 is 29.0 Å². The van der Waals surface area contributed by atoms with Crippen molar-refractivity contribution in [1.82, 2.24) is 10.6 Å². The fourth-order valence-corrected chi connectivity index (χ4v) is 6.21. The summed E-state index contributed by atoms with van der Waals surface area (Å²) in [6, 6.07) is 7.34. The molecular formula is C28H40N2O6. The lowest BCUT2D eigenvalue weighted by Gasteiger charge is -2.27. The van der Waals surface area contributed by atoms with Gasteiger partial charge in [-0.05, 0) is 43.2 Å². The highest BCUT2D eigenvalue weighted by Gasteiger charge is 2.52. The molecule has 3 fully saturated rings. The Balaban J connectivity index is 1.22. The SMILES string of the molecule is O=C(O)COc1ccccc1CC1C2CCC(O2)C1C(=O)NCC(=O)NCCCCC1CCCCC1. The summed E-state index contributed by atoms with van der Waals surface area (Å²) in [5, 5.41) is 14.7. The quantitative estimate of drug-likeness (QED) is 0.358. The monoisotopic (exact) mass is 500 g/mol. The topological polar surface area (TPSA) is 114 Å². The van der Waals surface area contributed by atoms with Gasteiger partial charge in [0, 0.05) is 12.5 Å². The second-order valence-corrected chi connectivity index (χ2v) is 10.5. The second-order valence-electron chi connectivity index (χ2n) is 10.5. The van der Waals surface area contributed by atoms with E-state index in [1.807, 2.05) is 12.1 Å². The molecule has 2 bridgehead atoms. The van der Waals surface area contributed by atoms with Gasteiger partial charge in [-0.3, -0.25) is 9.59 Å². The van der Waals surface area contributed by atoms with Crippen LogP contribution in [-0.2, 0) is 25.5 Å². The van der Waals surface area contributed by atoms with E-state index in [4.69, 9.17) is 14.6 Å². The first-order chi connectivity index (χ1) is 17.5. The number of para-hydroxylation sites is 1. The molecule has 0 aromatic heterocycles. The number of fused-ring (bicyclic) bond motifs is 2. The number of nitrogens with one attached hydrogen (secondary N) is 2. The Morgan fingerprint density at radius 1 is 0.972 bits per heavy atom. The summed E-state index contributed by atoms with van der Waals surface area (Å²) in [6.45, 7) is 0.207. The van der Waals surface area contributed by atoms with E-state index < -0.39 is 12.6 Å². The molecule has 3 N–H and O–H groups in total. The van der Waals surface area contributed by atoms with E-state index in [9.17, 15) is 14.4 Å². The summed E-state index contributed by atoms with van der Waals surface area (Å²) in [4.78, 5) is 36.4. The van der Waals surface area contributed by atoms with Crippen molar-refractivity contribution >= 4 is 17.8 Å². The van der Waals surface area contributed by atoms with Gasteiger partial charge in [0.2, 0.25) is 11.8 Å². The fraction of sp³-hybridized carbons (Fsp3) is 0.679. The number of hydrogen-bond acceptors (Lipinski definition) is 5. The number of unbranched alkanes of at least 4 members (excludes halogenated alkanes) is 1. The maximum Gasteiger partial charge on any atom is 0.341 e. The molecule has 2 aliphatic heterocycles. The molecule has 198 valence electrons. The Hall–Kier alpha value is -2.61. The number of benzene rings is 1. The Kier molecular flexibility index (Phi) is 9.61. The molecule has 4 unspecified atom stereocenters. The van der Waals surface area contributed by atoms with Crippen molar-refractivity contribution in [2.24, 2.45) is 17.8 Å². The van der Waals surface area contributed by atoms with Crippen LogP contribution in [-0.4, -0.2) is 54.8 Å². The minimum Gasteiger partial charge on any atom is -0.482 e. The average molecular weight is 501 g/mol. The zero-order valence-electron chi connectivity index (χ0n) is 21.1. The molecule has 1 aromatic rings. The van der Waals surface area contributed by atoms with E-state index in [0.29, 0.717) is 18.7 Å². The van der Waals surface area contributed by atoms with Gasteiger partial charge in [0.1, 0.15) is 5.75 Å². The molecule has 36 heavy (non-hydrogen) atoms. The third-order valence-electron chi connectivity index (χ3n) is 8.02. The third kappa shape index (κ3) is 7.21. The van der Waals surface area contributed by atoms with Gasteiger partial charge in [0.25, 0.3) is 0 Å². The number of carboxylic acids is 1. The van der Waals surface area contributed by atoms with Crippen LogP contribution in [0.4, 0.5) is 0 Å². The summed E-state index contributed by atoms with van der Waals surface area (Å²) < 4.78 is 11.5.